The van der Waals surface area contributed by atoms with Crippen molar-refractivity contribution in [2.45, 2.75) is 18.7 Å². The SMILES string of the molecule is O=C(O)n1ccc(O[C@@H]2C[C@@H]2C(F)(F)F)n1. The molecule has 0 aromatic carbocycles. The number of carboxylic acid groups (broad SMARTS) is 1. The van der Waals surface area contributed by atoms with Crippen molar-refractivity contribution in [3.63, 3.8) is 0 Å². The van der Waals surface area contributed by atoms with Crippen molar-refractivity contribution in [2.75, 3.05) is 0 Å². The van der Waals surface area contributed by atoms with E-state index in [1.165, 1.54) is 6.07 Å². The van der Waals surface area contributed by atoms with E-state index < -0.39 is 24.3 Å². The van der Waals surface area contributed by atoms with Crippen LogP contribution in [-0.2, 0) is 0 Å². The maximum absolute atomic E-state index is 12.1. The van der Waals surface area contributed by atoms with Crippen LogP contribution in [0.3, 0.4) is 0 Å². The number of alkyl halides is 3. The van der Waals surface area contributed by atoms with E-state index in [9.17, 15) is 18.0 Å². The number of halogens is 3. The van der Waals surface area contributed by atoms with Crippen LogP contribution >= 0.6 is 0 Å². The van der Waals surface area contributed by atoms with E-state index in [1.807, 2.05) is 0 Å². The van der Waals surface area contributed by atoms with Crippen LogP contribution in [0.15, 0.2) is 12.3 Å². The molecule has 0 amide bonds. The van der Waals surface area contributed by atoms with E-state index in [2.05, 4.69) is 5.10 Å². The lowest BCUT2D eigenvalue weighted by molar-refractivity contribution is -0.153. The zero-order chi connectivity index (χ0) is 11.9. The zero-order valence-corrected chi connectivity index (χ0v) is 7.81. The molecule has 1 aromatic rings. The van der Waals surface area contributed by atoms with Gasteiger partial charge in [0.05, 0.1) is 5.92 Å². The van der Waals surface area contributed by atoms with Gasteiger partial charge in [0.1, 0.15) is 6.10 Å². The molecule has 1 fully saturated rings. The summed E-state index contributed by atoms with van der Waals surface area (Å²) in [5.74, 6) is -1.58. The highest BCUT2D eigenvalue weighted by Gasteiger charge is 2.57. The molecule has 2 atom stereocenters. The minimum atomic E-state index is -4.26. The smallest absolute Gasteiger partial charge is 0.432 e. The Morgan fingerprint density at radius 1 is 1.62 bits per heavy atom. The van der Waals surface area contributed by atoms with Crippen LogP contribution in [0.2, 0.25) is 0 Å². The van der Waals surface area contributed by atoms with Gasteiger partial charge in [0.2, 0.25) is 5.88 Å². The number of ether oxygens (including phenoxy) is 1. The van der Waals surface area contributed by atoms with Crippen molar-refractivity contribution in [1.29, 1.82) is 0 Å². The molecule has 16 heavy (non-hydrogen) atoms. The molecule has 0 spiro atoms. The van der Waals surface area contributed by atoms with E-state index in [1.54, 1.807) is 0 Å². The van der Waals surface area contributed by atoms with Gasteiger partial charge in [-0.3, -0.25) is 0 Å². The van der Waals surface area contributed by atoms with Gasteiger partial charge >= 0.3 is 12.3 Å². The second kappa shape index (κ2) is 3.39. The lowest BCUT2D eigenvalue weighted by atomic mass is 10.4. The Morgan fingerprint density at radius 3 is 2.75 bits per heavy atom. The topological polar surface area (TPSA) is 64.3 Å². The van der Waals surface area contributed by atoms with Gasteiger partial charge in [-0.2, -0.15) is 17.9 Å². The Bertz CT molecular complexity index is 415. The summed E-state index contributed by atoms with van der Waals surface area (Å²) < 4.78 is 41.8. The predicted octanol–water partition coefficient (Wildman–Crippen LogP) is 1.74. The Kier molecular flexibility index (Phi) is 2.28. The minimum absolute atomic E-state index is 0.108. The number of aromatic nitrogens is 2. The molecular formula is C8H7F3N2O3. The Morgan fingerprint density at radius 2 is 2.31 bits per heavy atom. The molecule has 1 aliphatic carbocycles. The van der Waals surface area contributed by atoms with Gasteiger partial charge in [0.15, 0.2) is 0 Å². The molecule has 1 N–H and O–H groups in total. The molecule has 88 valence electrons. The van der Waals surface area contributed by atoms with Crippen LogP contribution < -0.4 is 4.74 Å². The van der Waals surface area contributed by atoms with Crippen molar-refractivity contribution >= 4 is 6.09 Å². The van der Waals surface area contributed by atoms with Gasteiger partial charge in [0, 0.05) is 12.3 Å². The summed E-state index contributed by atoms with van der Waals surface area (Å²) in [6.07, 6.45) is -5.54. The maximum atomic E-state index is 12.1. The van der Waals surface area contributed by atoms with Gasteiger partial charge < -0.3 is 9.84 Å². The molecule has 0 aliphatic heterocycles. The van der Waals surface area contributed by atoms with Crippen LogP contribution in [0.1, 0.15) is 6.42 Å². The lowest BCUT2D eigenvalue weighted by Crippen LogP contribution is -2.16. The molecule has 2 rings (SSSR count). The average molecular weight is 236 g/mol. The van der Waals surface area contributed by atoms with E-state index in [0.717, 1.165) is 6.20 Å². The van der Waals surface area contributed by atoms with E-state index in [4.69, 9.17) is 9.84 Å². The number of carbonyl (C=O) groups is 1. The normalized spacial score (nSPS) is 24.2. The monoisotopic (exact) mass is 236 g/mol. The fourth-order valence-corrected chi connectivity index (χ4v) is 1.28. The van der Waals surface area contributed by atoms with Gasteiger partial charge in [-0.15, -0.1) is 5.10 Å². The third-order valence-electron chi connectivity index (χ3n) is 2.19. The predicted molar refractivity (Wildman–Crippen MR) is 44.2 cm³/mol. The van der Waals surface area contributed by atoms with Crippen molar-refractivity contribution < 1.29 is 27.8 Å². The van der Waals surface area contributed by atoms with Crippen LogP contribution in [0.5, 0.6) is 5.88 Å². The second-order valence-corrected chi connectivity index (χ2v) is 3.42. The highest BCUT2D eigenvalue weighted by Crippen LogP contribution is 2.46. The Labute approximate surface area is 87.4 Å². The molecule has 1 aliphatic rings. The van der Waals surface area contributed by atoms with Gasteiger partial charge in [0.25, 0.3) is 0 Å². The molecule has 1 saturated carbocycles. The third-order valence-corrected chi connectivity index (χ3v) is 2.19. The van der Waals surface area contributed by atoms with Crippen LogP contribution in [-0.4, -0.2) is 33.3 Å². The number of rotatable bonds is 2. The number of hydrogen-bond acceptors (Lipinski definition) is 3. The summed E-state index contributed by atoms with van der Waals surface area (Å²) in [6, 6.07) is 1.21. The van der Waals surface area contributed by atoms with Crippen LogP contribution in [0, 0.1) is 5.92 Å². The summed E-state index contributed by atoms with van der Waals surface area (Å²) in [6.45, 7) is 0. The third kappa shape index (κ3) is 2.10. The number of hydrogen-bond donors (Lipinski definition) is 1. The lowest BCUT2D eigenvalue weighted by Gasteiger charge is -2.05. The molecular weight excluding hydrogens is 229 g/mol. The summed E-state index contributed by atoms with van der Waals surface area (Å²) in [4.78, 5) is 10.4. The summed E-state index contributed by atoms with van der Waals surface area (Å²) >= 11 is 0. The van der Waals surface area contributed by atoms with Crippen molar-refractivity contribution in [2.24, 2.45) is 5.92 Å². The maximum Gasteiger partial charge on any atom is 0.432 e. The van der Waals surface area contributed by atoms with Gasteiger partial charge in [-0.25, -0.2) is 4.79 Å². The fourth-order valence-electron chi connectivity index (χ4n) is 1.28. The minimum Gasteiger partial charge on any atom is -0.473 e. The molecule has 1 aromatic heterocycles. The quantitative estimate of drug-likeness (QED) is 0.849. The Hall–Kier alpha value is -1.73. The van der Waals surface area contributed by atoms with E-state index in [0.29, 0.717) is 4.68 Å². The zero-order valence-electron chi connectivity index (χ0n) is 7.81. The largest absolute Gasteiger partial charge is 0.473 e. The molecule has 0 unspecified atom stereocenters. The first-order valence-electron chi connectivity index (χ1n) is 4.40. The van der Waals surface area contributed by atoms with Crippen LogP contribution in [0.4, 0.5) is 18.0 Å². The molecule has 8 heteroatoms. The Balaban J connectivity index is 1.94. The molecule has 0 bridgehead atoms. The first kappa shape index (κ1) is 10.8. The summed E-state index contributed by atoms with van der Waals surface area (Å²) in [7, 11) is 0. The fraction of sp³-hybridized carbons (Fsp3) is 0.500. The first-order valence-corrected chi connectivity index (χ1v) is 4.40. The first-order chi connectivity index (χ1) is 7.38. The summed E-state index contributed by atoms with van der Waals surface area (Å²) in [5.41, 5.74) is 0. The van der Waals surface area contributed by atoms with Crippen molar-refractivity contribution in [1.82, 2.24) is 9.78 Å². The average Bonchev–Trinajstić information content (AvgIpc) is 2.73. The van der Waals surface area contributed by atoms with Crippen LogP contribution in [0.25, 0.3) is 0 Å². The van der Waals surface area contributed by atoms with Crippen molar-refractivity contribution in [3.8, 4) is 5.88 Å². The van der Waals surface area contributed by atoms with Crippen molar-refractivity contribution in [3.05, 3.63) is 12.3 Å². The van der Waals surface area contributed by atoms with E-state index >= 15 is 0 Å². The van der Waals surface area contributed by atoms with Gasteiger partial charge in [-0.1, -0.05) is 0 Å². The molecule has 0 radical (unpaired) electrons. The molecule has 1 heterocycles. The highest BCUT2D eigenvalue weighted by atomic mass is 19.4. The molecule has 5 nitrogen and oxygen atoms in total. The van der Waals surface area contributed by atoms with Gasteiger partial charge in [-0.05, 0) is 6.42 Å². The standard InChI is InChI=1S/C8H7F3N2O3/c9-8(10,11)4-3-5(4)16-6-1-2-13(12-6)7(14)15/h1-2,4-5H,3H2,(H,14,15)/t4-,5+/m0/s1. The second-order valence-electron chi connectivity index (χ2n) is 3.42. The molecule has 0 saturated heterocycles. The van der Waals surface area contributed by atoms with E-state index in [-0.39, 0.29) is 12.3 Å². The number of nitrogens with zero attached hydrogens (tertiary/aromatic N) is 2. The summed E-state index contributed by atoms with van der Waals surface area (Å²) in [5, 5.41) is 11.9. The highest BCUT2D eigenvalue weighted by molar-refractivity contribution is 5.66.